The zero-order valence-electron chi connectivity index (χ0n) is 17.3. The van der Waals surface area contributed by atoms with Crippen molar-refractivity contribution in [2.24, 2.45) is 0 Å². The molecule has 2 aromatic rings. The lowest BCUT2D eigenvalue weighted by atomic mass is 10.1. The second-order valence-electron chi connectivity index (χ2n) is 7.24. The van der Waals surface area contributed by atoms with E-state index in [4.69, 9.17) is 0 Å². The van der Waals surface area contributed by atoms with Gasteiger partial charge in [0.15, 0.2) is 0 Å². The number of halogens is 3. The van der Waals surface area contributed by atoms with Gasteiger partial charge in [-0.1, -0.05) is 6.07 Å². The van der Waals surface area contributed by atoms with Crippen molar-refractivity contribution >= 4 is 27.3 Å². The van der Waals surface area contributed by atoms with Crippen molar-refractivity contribution in [2.75, 3.05) is 48.2 Å². The number of amides is 1. The highest BCUT2D eigenvalue weighted by Gasteiger charge is 2.31. The molecule has 3 rings (SSSR count). The summed E-state index contributed by atoms with van der Waals surface area (Å²) in [6.07, 6.45) is -4.40. The molecule has 1 amide bonds. The Bertz CT molecular complexity index is 1030. The van der Waals surface area contributed by atoms with Gasteiger partial charge in [0.05, 0.1) is 17.0 Å². The van der Waals surface area contributed by atoms with Gasteiger partial charge in [0.1, 0.15) is 0 Å². The number of piperazine rings is 1. The molecule has 1 heterocycles. The number of sulfonamides is 1. The van der Waals surface area contributed by atoms with Crippen molar-refractivity contribution in [1.82, 2.24) is 4.90 Å². The van der Waals surface area contributed by atoms with Gasteiger partial charge in [-0.05, 0) is 49.4 Å². The number of nitrogens with zero attached hydrogens (tertiary/aromatic N) is 3. The molecule has 168 valence electrons. The van der Waals surface area contributed by atoms with Gasteiger partial charge in [-0.25, -0.2) is 8.42 Å². The van der Waals surface area contributed by atoms with E-state index in [2.05, 4.69) is 0 Å². The van der Waals surface area contributed by atoms with Crippen molar-refractivity contribution in [3.05, 3.63) is 59.7 Å². The summed E-state index contributed by atoms with van der Waals surface area (Å²) in [5, 5.41) is 0. The molecule has 0 saturated carbocycles. The first kappa shape index (κ1) is 22.9. The highest BCUT2D eigenvalue weighted by molar-refractivity contribution is 7.92. The van der Waals surface area contributed by atoms with Crippen LogP contribution in [0.3, 0.4) is 0 Å². The SMILES string of the molecule is CCS(=O)(=O)N(C)c1ccc(C(=O)N2CCN(c3cccc(C(F)(F)F)c3)CC2)cc1. The van der Waals surface area contributed by atoms with Crippen molar-refractivity contribution < 1.29 is 26.4 Å². The van der Waals surface area contributed by atoms with Crippen LogP contribution in [0.5, 0.6) is 0 Å². The Morgan fingerprint density at radius 1 is 1.03 bits per heavy atom. The summed E-state index contributed by atoms with van der Waals surface area (Å²) in [5.74, 6) is -0.225. The van der Waals surface area contributed by atoms with Gasteiger partial charge in [0, 0.05) is 44.5 Å². The molecule has 6 nitrogen and oxygen atoms in total. The minimum atomic E-state index is -4.40. The van der Waals surface area contributed by atoms with E-state index in [0.29, 0.717) is 43.1 Å². The van der Waals surface area contributed by atoms with Crippen LogP contribution in [0.4, 0.5) is 24.5 Å². The predicted molar refractivity (Wildman–Crippen MR) is 114 cm³/mol. The van der Waals surface area contributed by atoms with Gasteiger partial charge in [-0.2, -0.15) is 13.2 Å². The van der Waals surface area contributed by atoms with Gasteiger partial charge in [-0.15, -0.1) is 0 Å². The van der Waals surface area contributed by atoms with Crippen LogP contribution in [-0.2, 0) is 16.2 Å². The molecular formula is C21H24F3N3O3S. The number of hydrogen-bond donors (Lipinski definition) is 0. The van der Waals surface area contributed by atoms with Crippen LogP contribution >= 0.6 is 0 Å². The van der Waals surface area contributed by atoms with Crippen molar-refractivity contribution in [3.63, 3.8) is 0 Å². The number of hydrogen-bond acceptors (Lipinski definition) is 4. The first-order valence-electron chi connectivity index (χ1n) is 9.81. The lowest BCUT2D eigenvalue weighted by molar-refractivity contribution is -0.137. The van der Waals surface area contributed by atoms with Crippen molar-refractivity contribution in [2.45, 2.75) is 13.1 Å². The molecule has 1 aliphatic rings. The molecule has 0 radical (unpaired) electrons. The quantitative estimate of drug-likeness (QED) is 0.693. The molecule has 2 aromatic carbocycles. The second-order valence-corrected chi connectivity index (χ2v) is 9.53. The van der Waals surface area contributed by atoms with Crippen LogP contribution in [0.1, 0.15) is 22.8 Å². The topological polar surface area (TPSA) is 60.9 Å². The molecule has 0 aliphatic carbocycles. The number of carbonyl (C=O) groups excluding carboxylic acids is 1. The average molecular weight is 456 g/mol. The molecular weight excluding hydrogens is 431 g/mol. The van der Waals surface area contributed by atoms with E-state index in [1.165, 1.54) is 17.4 Å². The standard InChI is InChI=1S/C21H24F3N3O3S/c1-3-31(29,30)25(2)18-9-7-16(8-10-18)20(28)27-13-11-26(12-14-27)19-6-4-5-17(15-19)21(22,23)24/h4-10,15H,3,11-14H2,1-2H3. The van der Waals surface area contributed by atoms with Crippen LogP contribution < -0.4 is 9.21 Å². The van der Waals surface area contributed by atoms with Crippen LogP contribution in [0.15, 0.2) is 48.5 Å². The number of carbonyl (C=O) groups is 1. The fourth-order valence-corrected chi connectivity index (χ4v) is 4.23. The van der Waals surface area contributed by atoms with E-state index in [1.807, 2.05) is 4.90 Å². The monoisotopic (exact) mass is 455 g/mol. The Balaban J connectivity index is 1.64. The van der Waals surface area contributed by atoms with E-state index in [1.54, 1.807) is 42.2 Å². The maximum atomic E-state index is 12.9. The molecule has 0 N–H and O–H groups in total. The van der Waals surface area contributed by atoms with E-state index in [-0.39, 0.29) is 11.7 Å². The van der Waals surface area contributed by atoms with Crippen LogP contribution in [0.25, 0.3) is 0 Å². The molecule has 1 fully saturated rings. The van der Waals surface area contributed by atoms with Gasteiger partial charge in [-0.3, -0.25) is 9.10 Å². The second kappa shape index (κ2) is 8.78. The van der Waals surface area contributed by atoms with Gasteiger partial charge in [0.25, 0.3) is 5.91 Å². The molecule has 1 saturated heterocycles. The summed E-state index contributed by atoms with van der Waals surface area (Å²) in [7, 11) is -1.93. The Labute approximate surface area is 179 Å². The minimum Gasteiger partial charge on any atom is -0.368 e. The zero-order chi connectivity index (χ0) is 22.8. The van der Waals surface area contributed by atoms with Crippen LogP contribution in [0, 0.1) is 0 Å². The molecule has 0 aromatic heterocycles. The largest absolute Gasteiger partial charge is 0.416 e. The predicted octanol–water partition coefficient (Wildman–Crippen LogP) is 3.45. The molecule has 0 unspecified atom stereocenters. The Morgan fingerprint density at radius 3 is 2.19 bits per heavy atom. The summed E-state index contributed by atoms with van der Waals surface area (Å²) in [5.41, 5.74) is 0.677. The summed E-state index contributed by atoms with van der Waals surface area (Å²) in [4.78, 5) is 16.3. The number of anilines is 2. The molecule has 10 heteroatoms. The fraction of sp³-hybridized carbons (Fsp3) is 0.381. The lowest BCUT2D eigenvalue weighted by Crippen LogP contribution is -2.48. The Morgan fingerprint density at radius 2 is 1.65 bits per heavy atom. The first-order valence-corrected chi connectivity index (χ1v) is 11.4. The average Bonchev–Trinajstić information content (AvgIpc) is 2.78. The highest BCUT2D eigenvalue weighted by Crippen LogP contribution is 2.32. The molecule has 1 aliphatic heterocycles. The van der Waals surface area contributed by atoms with E-state index < -0.39 is 21.8 Å². The molecule has 0 atom stereocenters. The van der Waals surface area contributed by atoms with Gasteiger partial charge >= 0.3 is 6.18 Å². The minimum absolute atomic E-state index is 0.0274. The summed E-state index contributed by atoms with van der Waals surface area (Å²) in [6.45, 7) is 3.15. The fourth-order valence-electron chi connectivity index (χ4n) is 3.40. The highest BCUT2D eigenvalue weighted by atomic mass is 32.2. The molecule has 0 bridgehead atoms. The third-order valence-electron chi connectivity index (χ3n) is 5.37. The summed E-state index contributed by atoms with van der Waals surface area (Å²) < 4.78 is 64.0. The third-order valence-corrected chi connectivity index (χ3v) is 7.14. The van der Waals surface area contributed by atoms with Crippen LogP contribution in [-0.4, -0.2) is 58.2 Å². The Kier molecular flexibility index (Phi) is 6.49. The maximum Gasteiger partial charge on any atom is 0.416 e. The van der Waals surface area contributed by atoms with Crippen LogP contribution in [0.2, 0.25) is 0 Å². The van der Waals surface area contributed by atoms with E-state index in [9.17, 15) is 26.4 Å². The van der Waals surface area contributed by atoms with Gasteiger partial charge < -0.3 is 9.80 Å². The zero-order valence-corrected chi connectivity index (χ0v) is 18.1. The third kappa shape index (κ3) is 5.12. The molecule has 0 spiro atoms. The van der Waals surface area contributed by atoms with E-state index in [0.717, 1.165) is 12.1 Å². The Hall–Kier alpha value is -2.75. The van der Waals surface area contributed by atoms with Gasteiger partial charge in [0.2, 0.25) is 10.0 Å². The first-order chi connectivity index (χ1) is 14.5. The van der Waals surface area contributed by atoms with Crippen molar-refractivity contribution in [1.29, 1.82) is 0 Å². The maximum absolute atomic E-state index is 12.9. The summed E-state index contributed by atoms with van der Waals surface area (Å²) >= 11 is 0. The van der Waals surface area contributed by atoms with E-state index >= 15 is 0 Å². The summed E-state index contributed by atoms with van der Waals surface area (Å²) in [6, 6.07) is 11.5. The number of benzene rings is 2. The normalized spacial score (nSPS) is 15.1. The molecule has 31 heavy (non-hydrogen) atoms. The van der Waals surface area contributed by atoms with Crippen molar-refractivity contribution in [3.8, 4) is 0 Å². The number of rotatable bonds is 5. The smallest absolute Gasteiger partial charge is 0.368 e. The number of alkyl halides is 3. The lowest BCUT2D eigenvalue weighted by Gasteiger charge is -2.36.